The number of amides is 1. The van der Waals surface area contributed by atoms with Gasteiger partial charge in [-0.1, -0.05) is 0 Å². The fourth-order valence-corrected chi connectivity index (χ4v) is 2.00. The van der Waals surface area contributed by atoms with E-state index in [1.807, 2.05) is 27.1 Å². The van der Waals surface area contributed by atoms with E-state index in [-0.39, 0.29) is 17.8 Å². The summed E-state index contributed by atoms with van der Waals surface area (Å²) in [5.74, 6) is -0.580. The number of hydrogen-bond acceptors (Lipinski definition) is 2. The van der Waals surface area contributed by atoms with Gasteiger partial charge in [0.25, 0.3) is 5.91 Å². The fourth-order valence-electron chi connectivity index (χ4n) is 2.00. The van der Waals surface area contributed by atoms with Crippen LogP contribution < -0.4 is 5.32 Å². The highest BCUT2D eigenvalue weighted by Crippen LogP contribution is 2.16. The van der Waals surface area contributed by atoms with Crippen LogP contribution in [0.1, 0.15) is 34.6 Å². The summed E-state index contributed by atoms with van der Waals surface area (Å²) in [7, 11) is 1.84. The van der Waals surface area contributed by atoms with Gasteiger partial charge >= 0.3 is 0 Å². The monoisotopic (exact) mass is 261 g/mol. The number of halogens is 1. The molecule has 0 radical (unpaired) electrons. The average Bonchev–Trinajstić information content (AvgIpc) is 2.69. The summed E-state index contributed by atoms with van der Waals surface area (Å²) < 4.78 is 14.5. The summed E-state index contributed by atoms with van der Waals surface area (Å²) in [5.41, 5.74) is 2.29. The van der Waals surface area contributed by atoms with Crippen LogP contribution in [-0.2, 0) is 7.05 Å². The number of hydrogen-bond donors (Lipinski definition) is 1. The lowest BCUT2D eigenvalue weighted by molar-refractivity contribution is 0.0940. The summed E-state index contributed by atoms with van der Waals surface area (Å²) in [6.45, 7) is 3.79. The summed E-state index contributed by atoms with van der Waals surface area (Å²) >= 11 is 0. The third kappa shape index (κ3) is 2.99. The summed E-state index contributed by atoms with van der Waals surface area (Å²) in [6, 6.07) is 5.33. The van der Waals surface area contributed by atoms with E-state index in [9.17, 15) is 9.18 Å². The molecule has 1 unspecified atom stereocenters. The first kappa shape index (κ1) is 13.3. The topological polar surface area (TPSA) is 46.9 Å². The van der Waals surface area contributed by atoms with Gasteiger partial charge in [-0.15, -0.1) is 0 Å². The van der Waals surface area contributed by atoms with Gasteiger partial charge in [-0.05, 0) is 38.1 Å². The molecule has 2 rings (SSSR count). The van der Waals surface area contributed by atoms with E-state index in [1.54, 1.807) is 4.68 Å². The molecule has 19 heavy (non-hydrogen) atoms. The van der Waals surface area contributed by atoms with Gasteiger partial charge in [-0.2, -0.15) is 5.10 Å². The number of carbonyl (C=O) groups is 1. The van der Waals surface area contributed by atoms with Crippen molar-refractivity contribution in [3.8, 4) is 0 Å². The molecule has 1 aromatic heterocycles. The smallest absolute Gasteiger partial charge is 0.251 e. The van der Waals surface area contributed by atoms with Crippen LogP contribution in [0.5, 0.6) is 0 Å². The summed E-state index contributed by atoms with van der Waals surface area (Å²) in [5, 5.41) is 7.11. The van der Waals surface area contributed by atoms with Crippen molar-refractivity contribution in [2.45, 2.75) is 19.9 Å². The second-order valence-corrected chi connectivity index (χ2v) is 4.55. The number of aryl methyl sites for hydroxylation is 2. The van der Waals surface area contributed by atoms with Crippen LogP contribution in [-0.4, -0.2) is 15.7 Å². The lowest BCUT2D eigenvalue weighted by atomic mass is 10.1. The highest BCUT2D eigenvalue weighted by molar-refractivity contribution is 5.94. The largest absolute Gasteiger partial charge is 0.345 e. The Morgan fingerprint density at radius 1 is 1.37 bits per heavy atom. The van der Waals surface area contributed by atoms with Gasteiger partial charge in [0.15, 0.2) is 0 Å². The normalized spacial score (nSPS) is 12.2. The highest BCUT2D eigenvalue weighted by atomic mass is 19.1. The van der Waals surface area contributed by atoms with Crippen molar-refractivity contribution in [3.63, 3.8) is 0 Å². The van der Waals surface area contributed by atoms with Gasteiger partial charge < -0.3 is 5.32 Å². The Morgan fingerprint density at radius 2 is 2.00 bits per heavy atom. The van der Waals surface area contributed by atoms with E-state index in [1.165, 1.54) is 24.3 Å². The third-order valence-corrected chi connectivity index (χ3v) is 2.97. The molecule has 0 aliphatic heterocycles. The highest BCUT2D eigenvalue weighted by Gasteiger charge is 2.15. The minimum atomic E-state index is -0.354. The number of rotatable bonds is 3. The Kier molecular flexibility index (Phi) is 3.64. The molecule has 0 aliphatic rings. The lowest BCUT2D eigenvalue weighted by Crippen LogP contribution is -2.26. The molecule has 0 bridgehead atoms. The molecule has 4 nitrogen and oxygen atoms in total. The first-order valence-corrected chi connectivity index (χ1v) is 6.04. The van der Waals surface area contributed by atoms with Crippen LogP contribution in [0.3, 0.4) is 0 Å². The molecule has 1 N–H and O–H groups in total. The zero-order valence-corrected chi connectivity index (χ0v) is 11.1. The van der Waals surface area contributed by atoms with Gasteiger partial charge in [0.2, 0.25) is 0 Å². The molecule has 2 aromatic rings. The molecule has 100 valence electrons. The number of nitrogens with one attached hydrogen (secondary N) is 1. The first-order valence-electron chi connectivity index (χ1n) is 6.04. The first-order chi connectivity index (χ1) is 8.97. The van der Waals surface area contributed by atoms with Crippen molar-refractivity contribution in [3.05, 3.63) is 53.1 Å². The molecule has 0 saturated carbocycles. The molecular weight excluding hydrogens is 245 g/mol. The molecule has 1 heterocycles. The van der Waals surface area contributed by atoms with Crippen LogP contribution in [0, 0.1) is 12.7 Å². The van der Waals surface area contributed by atoms with E-state index >= 15 is 0 Å². The maximum absolute atomic E-state index is 12.8. The van der Waals surface area contributed by atoms with Gasteiger partial charge in [0.05, 0.1) is 11.7 Å². The summed E-state index contributed by atoms with van der Waals surface area (Å²) in [6.07, 6.45) is 1.88. The molecule has 1 aromatic carbocycles. The minimum absolute atomic E-state index is 0.147. The Labute approximate surface area is 111 Å². The van der Waals surface area contributed by atoms with Crippen LogP contribution in [0.25, 0.3) is 0 Å². The molecule has 1 amide bonds. The third-order valence-electron chi connectivity index (χ3n) is 2.97. The van der Waals surface area contributed by atoms with Crippen molar-refractivity contribution >= 4 is 5.91 Å². The van der Waals surface area contributed by atoms with E-state index in [0.29, 0.717) is 5.56 Å². The van der Waals surface area contributed by atoms with E-state index in [2.05, 4.69) is 10.4 Å². The number of carbonyl (C=O) groups excluding carboxylic acids is 1. The second-order valence-electron chi connectivity index (χ2n) is 4.55. The Hall–Kier alpha value is -2.17. The molecule has 5 heteroatoms. The Morgan fingerprint density at radius 3 is 2.53 bits per heavy atom. The number of benzene rings is 1. The SMILES string of the molecule is Cc1nn(C)cc1C(C)NC(=O)c1ccc(F)cc1. The van der Waals surface area contributed by atoms with Gasteiger partial charge in [-0.3, -0.25) is 9.48 Å². The minimum Gasteiger partial charge on any atom is -0.345 e. The molecule has 0 fully saturated rings. The number of aromatic nitrogens is 2. The Balaban J connectivity index is 2.10. The van der Waals surface area contributed by atoms with Gasteiger partial charge in [0, 0.05) is 24.4 Å². The van der Waals surface area contributed by atoms with Crippen molar-refractivity contribution in [1.29, 1.82) is 0 Å². The standard InChI is InChI=1S/C14H16FN3O/c1-9(13-8-18(3)17-10(13)2)16-14(19)11-4-6-12(15)7-5-11/h4-9H,1-3H3,(H,16,19). The van der Waals surface area contributed by atoms with Crippen molar-refractivity contribution in [2.75, 3.05) is 0 Å². The van der Waals surface area contributed by atoms with Crippen LogP contribution in [0.15, 0.2) is 30.5 Å². The van der Waals surface area contributed by atoms with E-state index < -0.39 is 0 Å². The van der Waals surface area contributed by atoms with E-state index in [4.69, 9.17) is 0 Å². The summed E-state index contributed by atoms with van der Waals surface area (Å²) in [4.78, 5) is 12.0. The predicted molar refractivity (Wildman–Crippen MR) is 70.2 cm³/mol. The molecule has 0 aliphatic carbocycles. The van der Waals surface area contributed by atoms with E-state index in [0.717, 1.165) is 11.3 Å². The molecule has 0 spiro atoms. The molecule has 0 saturated heterocycles. The van der Waals surface area contributed by atoms with Crippen molar-refractivity contribution in [2.24, 2.45) is 7.05 Å². The molecule has 1 atom stereocenters. The van der Waals surface area contributed by atoms with Gasteiger partial charge in [-0.25, -0.2) is 4.39 Å². The Bertz CT molecular complexity index is 589. The van der Waals surface area contributed by atoms with Crippen LogP contribution >= 0.6 is 0 Å². The predicted octanol–water partition coefficient (Wildman–Crippen LogP) is 2.36. The number of nitrogens with zero attached hydrogens (tertiary/aromatic N) is 2. The maximum Gasteiger partial charge on any atom is 0.251 e. The maximum atomic E-state index is 12.8. The van der Waals surface area contributed by atoms with Crippen molar-refractivity contribution < 1.29 is 9.18 Å². The fraction of sp³-hybridized carbons (Fsp3) is 0.286. The zero-order chi connectivity index (χ0) is 14.0. The van der Waals surface area contributed by atoms with Crippen LogP contribution in [0.4, 0.5) is 4.39 Å². The van der Waals surface area contributed by atoms with Gasteiger partial charge in [0.1, 0.15) is 5.82 Å². The average molecular weight is 261 g/mol. The van der Waals surface area contributed by atoms with Crippen molar-refractivity contribution in [1.82, 2.24) is 15.1 Å². The van der Waals surface area contributed by atoms with Crippen LogP contribution in [0.2, 0.25) is 0 Å². The lowest BCUT2D eigenvalue weighted by Gasteiger charge is -2.13. The quantitative estimate of drug-likeness (QED) is 0.922. The molecular formula is C14H16FN3O. The zero-order valence-electron chi connectivity index (χ0n) is 11.1. The second kappa shape index (κ2) is 5.22.